The fourth-order valence-corrected chi connectivity index (χ4v) is 5.68. The van der Waals surface area contributed by atoms with Crippen LogP contribution >= 0.6 is 11.3 Å². The summed E-state index contributed by atoms with van der Waals surface area (Å²) in [5.41, 5.74) is 4.85. The van der Waals surface area contributed by atoms with E-state index in [9.17, 15) is 4.79 Å². The van der Waals surface area contributed by atoms with Gasteiger partial charge in [-0.05, 0) is 69.4 Å². The molecule has 3 aromatic rings. The number of carbonyl (C=O) groups excluding carboxylic acids is 1. The minimum Gasteiger partial charge on any atom is -0.346 e. The maximum atomic E-state index is 12.7. The lowest BCUT2D eigenvalue weighted by Crippen LogP contribution is -2.36. The molecule has 3 heterocycles. The normalized spacial score (nSPS) is 18.2. The number of nitrogens with zero attached hydrogens (tertiary/aromatic N) is 3. The van der Waals surface area contributed by atoms with E-state index in [1.54, 1.807) is 17.4 Å². The minimum absolute atomic E-state index is 0.129. The topological polar surface area (TPSA) is 38.1 Å². The highest BCUT2D eigenvalue weighted by Crippen LogP contribution is 2.38. The van der Waals surface area contributed by atoms with Crippen LogP contribution in [0.25, 0.3) is 16.3 Å². The molecule has 0 unspecified atom stereocenters. The smallest absolute Gasteiger partial charge is 0.246 e. The molecule has 4 nitrogen and oxygen atoms in total. The Morgan fingerprint density at radius 1 is 1.14 bits per heavy atom. The Labute approximate surface area is 175 Å². The first-order valence-electron chi connectivity index (χ1n) is 10.6. The second-order valence-electron chi connectivity index (χ2n) is 8.38. The third kappa shape index (κ3) is 3.64. The molecule has 150 valence electrons. The zero-order valence-corrected chi connectivity index (χ0v) is 17.9. The first-order valence-corrected chi connectivity index (χ1v) is 11.4. The van der Waals surface area contributed by atoms with Crippen LogP contribution in [0, 0.1) is 13.8 Å². The van der Waals surface area contributed by atoms with Gasteiger partial charge in [-0.15, -0.1) is 11.3 Å². The highest BCUT2D eigenvalue weighted by Gasteiger charge is 2.27. The van der Waals surface area contributed by atoms with Gasteiger partial charge in [0.05, 0.1) is 15.2 Å². The second kappa shape index (κ2) is 7.45. The number of thiazole rings is 1. The summed E-state index contributed by atoms with van der Waals surface area (Å²) in [6.45, 7) is 5.95. The number of aryl methyl sites for hydroxylation is 1. The van der Waals surface area contributed by atoms with E-state index in [0.29, 0.717) is 12.0 Å². The number of aromatic nitrogens is 2. The van der Waals surface area contributed by atoms with E-state index in [2.05, 4.69) is 42.7 Å². The molecule has 1 aliphatic heterocycles. The molecule has 1 saturated heterocycles. The first kappa shape index (κ1) is 18.6. The molecule has 0 bridgehead atoms. The number of fused-ring (bicyclic) bond motifs is 1. The molecule has 1 aromatic carbocycles. The van der Waals surface area contributed by atoms with Crippen molar-refractivity contribution in [3.63, 3.8) is 0 Å². The summed E-state index contributed by atoms with van der Waals surface area (Å²) in [5, 5.41) is 1.22. The number of amides is 1. The molecular weight excluding hydrogens is 378 g/mol. The number of likely N-dealkylation sites (tertiary alicyclic amines) is 1. The third-order valence-corrected chi connectivity index (χ3v) is 7.51. The van der Waals surface area contributed by atoms with Gasteiger partial charge in [-0.2, -0.15) is 0 Å². The van der Waals surface area contributed by atoms with Gasteiger partial charge in [-0.1, -0.05) is 12.1 Å². The third-order valence-electron chi connectivity index (χ3n) is 6.31. The number of hydrogen-bond donors (Lipinski definition) is 0. The maximum Gasteiger partial charge on any atom is 0.246 e. The molecule has 2 fully saturated rings. The molecular formula is C24H27N3OS. The molecule has 1 amide bonds. The summed E-state index contributed by atoms with van der Waals surface area (Å²) >= 11 is 1.80. The zero-order valence-electron chi connectivity index (χ0n) is 17.1. The molecule has 2 aliphatic rings. The molecule has 2 aromatic heterocycles. The molecule has 1 aliphatic carbocycles. The van der Waals surface area contributed by atoms with Gasteiger partial charge in [0.1, 0.15) is 0 Å². The molecule has 29 heavy (non-hydrogen) atoms. The summed E-state index contributed by atoms with van der Waals surface area (Å²) in [6, 6.07) is 11.2. The molecule has 0 spiro atoms. The largest absolute Gasteiger partial charge is 0.346 e. The van der Waals surface area contributed by atoms with Crippen molar-refractivity contribution in [1.29, 1.82) is 0 Å². The maximum absolute atomic E-state index is 12.7. The van der Waals surface area contributed by atoms with Crippen molar-refractivity contribution in [2.24, 2.45) is 0 Å². The van der Waals surface area contributed by atoms with Gasteiger partial charge in [0, 0.05) is 42.5 Å². The van der Waals surface area contributed by atoms with Crippen molar-refractivity contribution in [2.75, 3.05) is 13.1 Å². The van der Waals surface area contributed by atoms with Gasteiger partial charge >= 0.3 is 0 Å². The number of hydrogen-bond acceptors (Lipinski definition) is 3. The van der Waals surface area contributed by atoms with E-state index in [1.807, 2.05) is 17.0 Å². The number of benzene rings is 1. The van der Waals surface area contributed by atoms with E-state index in [4.69, 9.17) is 4.98 Å². The molecule has 0 radical (unpaired) electrons. The average molecular weight is 406 g/mol. The van der Waals surface area contributed by atoms with Crippen molar-refractivity contribution >= 4 is 33.5 Å². The van der Waals surface area contributed by atoms with Crippen LogP contribution in [0.15, 0.2) is 36.4 Å². The first-order chi connectivity index (χ1) is 14.1. The second-order valence-corrected chi connectivity index (χ2v) is 9.44. The van der Waals surface area contributed by atoms with Crippen LogP contribution in [0.5, 0.6) is 0 Å². The predicted molar refractivity (Wildman–Crippen MR) is 119 cm³/mol. The van der Waals surface area contributed by atoms with Gasteiger partial charge in [-0.25, -0.2) is 4.98 Å². The number of piperidine rings is 1. The molecule has 5 rings (SSSR count). The van der Waals surface area contributed by atoms with Crippen LogP contribution in [0.2, 0.25) is 0 Å². The highest BCUT2D eigenvalue weighted by molar-refractivity contribution is 7.18. The van der Waals surface area contributed by atoms with Gasteiger partial charge < -0.3 is 9.47 Å². The fourth-order valence-electron chi connectivity index (χ4n) is 4.54. The van der Waals surface area contributed by atoms with Crippen LogP contribution in [-0.2, 0) is 4.79 Å². The average Bonchev–Trinajstić information content (AvgIpc) is 3.39. The molecule has 5 heteroatoms. The van der Waals surface area contributed by atoms with Crippen molar-refractivity contribution in [3.8, 4) is 0 Å². The summed E-state index contributed by atoms with van der Waals surface area (Å²) in [7, 11) is 0. The van der Waals surface area contributed by atoms with Gasteiger partial charge in [0.15, 0.2) is 0 Å². The zero-order chi connectivity index (χ0) is 20.0. The quantitative estimate of drug-likeness (QED) is 0.540. The fraction of sp³-hybridized carbons (Fsp3) is 0.417. The summed E-state index contributed by atoms with van der Waals surface area (Å²) < 4.78 is 3.68. The van der Waals surface area contributed by atoms with Crippen LogP contribution < -0.4 is 0 Å². The number of para-hydroxylation sites is 1. The monoisotopic (exact) mass is 405 g/mol. The number of carbonyl (C=O) groups is 1. The minimum atomic E-state index is 0.129. The SMILES string of the molecule is Cc1cc(C=CC(=O)N2CCC(c3nc4ccccc4s3)CC2)c(C)n1C1CC1. The highest BCUT2D eigenvalue weighted by atomic mass is 32.1. The van der Waals surface area contributed by atoms with E-state index in [1.165, 1.54) is 39.5 Å². The summed E-state index contributed by atoms with van der Waals surface area (Å²) in [5.74, 6) is 0.599. The van der Waals surface area contributed by atoms with Gasteiger partial charge in [0.2, 0.25) is 5.91 Å². The lowest BCUT2D eigenvalue weighted by atomic mass is 9.97. The van der Waals surface area contributed by atoms with Crippen molar-refractivity contribution in [3.05, 3.63) is 58.4 Å². The van der Waals surface area contributed by atoms with Crippen LogP contribution in [0.1, 0.15) is 59.6 Å². The standard InChI is InChI=1S/C24H27N3OS/c1-16-15-19(17(2)27(16)20-8-9-20)7-10-23(28)26-13-11-18(12-14-26)24-25-21-5-3-4-6-22(21)29-24/h3-7,10,15,18,20H,8-9,11-14H2,1-2H3. The Morgan fingerprint density at radius 2 is 1.90 bits per heavy atom. The molecule has 1 saturated carbocycles. The van der Waals surface area contributed by atoms with Gasteiger partial charge in [-0.3, -0.25) is 4.79 Å². The van der Waals surface area contributed by atoms with Crippen molar-refractivity contribution < 1.29 is 4.79 Å². The lowest BCUT2D eigenvalue weighted by Gasteiger charge is -2.30. The van der Waals surface area contributed by atoms with Gasteiger partial charge in [0.25, 0.3) is 0 Å². The Kier molecular flexibility index (Phi) is 4.78. The van der Waals surface area contributed by atoms with Crippen molar-refractivity contribution in [1.82, 2.24) is 14.5 Å². The van der Waals surface area contributed by atoms with E-state index in [-0.39, 0.29) is 5.91 Å². The molecule has 0 atom stereocenters. The predicted octanol–water partition coefficient (Wildman–Crippen LogP) is 5.47. The van der Waals surface area contributed by atoms with E-state index >= 15 is 0 Å². The molecule has 0 N–H and O–H groups in total. The number of rotatable bonds is 4. The Balaban J connectivity index is 1.22. The Bertz CT molecular complexity index is 1050. The summed E-state index contributed by atoms with van der Waals surface area (Å²) in [6.07, 6.45) is 8.31. The summed E-state index contributed by atoms with van der Waals surface area (Å²) in [4.78, 5) is 19.5. The van der Waals surface area contributed by atoms with Crippen molar-refractivity contribution in [2.45, 2.75) is 51.5 Å². The Morgan fingerprint density at radius 3 is 2.62 bits per heavy atom. The lowest BCUT2D eigenvalue weighted by molar-refractivity contribution is -0.126. The van der Waals surface area contributed by atoms with E-state index in [0.717, 1.165) is 31.4 Å². The van der Waals surface area contributed by atoms with Crippen LogP contribution in [0.4, 0.5) is 0 Å². The van der Waals surface area contributed by atoms with Crippen LogP contribution in [-0.4, -0.2) is 33.4 Å². The van der Waals surface area contributed by atoms with E-state index < -0.39 is 0 Å². The Hall–Kier alpha value is -2.40. The van der Waals surface area contributed by atoms with Crippen LogP contribution in [0.3, 0.4) is 0 Å².